The first-order chi connectivity index (χ1) is 8.06. The molecule has 0 aliphatic heterocycles. The minimum Gasteiger partial charge on any atom is -0.409 e. The van der Waals surface area contributed by atoms with Gasteiger partial charge in [-0.1, -0.05) is 0 Å². The molecule has 0 amide bonds. The molecule has 1 aromatic heterocycles. The van der Waals surface area contributed by atoms with Gasteiger partial charge in [0.25, 0.3) is 11.2 Å². The highest BCUT2D eigenvalue weighted by atomic mass is 16.6. The van der Waals surface area contributed by atoms with Gasteiger partial charge in [0, 0.05) is 23.8 Å². The maximum atomic E-state index is 11.0. The molecule has 0 unspecified atom stereocenters. The summed E-state index contributed by atoms with van der Waals surface area (Å²) in [6, 6.07) is 6.42. The molecule has 0 aliphatic carbocycles. The summed E-state index contributed by atoms with van der Waals surface area (Å²) >= 11 is 0. The lowest BCUT2D eigenvalue weighted by Crippen LogP contribution is -2.17. The van der Waals surface area contributed by atoms with E-state index < -0.39 is 16.2 Å². The van der Waals surface area contributed by atoms with E-state index >= 15 is 0 Å². The largest absolute Gasteiger partial charge is 0.419 e. The van der Waals surface area contributed by atoms with Crippen LogP contribution in [0, 0.1) is 10.1 Å². The molecule has 86 valence electrons. The van der Waals surface area contributed by atoms with E-state index in [-0.39, 0.29) is 11.4 Å². The maximum Gasteiger partial charge on any atom is 0.419 e. The Morgan fingerprint density at radius 2 is 1.82 bits per heavy atom. The van der Waals surface area contributed by atoms with Crippen LogP contribution in [-0.2, 0) is 0 Å². The molecule has 0 aliphatic rings. The fraction of sp³-hybridized carbons (Fsp3) is 0. The Bertz CT molecular complexity index is 640. The number of aromatic amines is 1. The van der Waals surface area contributed by atoms with Crippen LogP contribution in [0.1, 0.15) is 0 Å². The molecule has 0 bridgehead atoms. The molecule has 7 nitrogen and oxygen atoms in total. The summed E-state index contributed by atoms with van der Waals surface area (Å²) in [5, 5.41) is 10.4. The first-order valence-electron chi connectivity index (χ1n) is 4.55. The first-order valence-corrected chi connectivity index (χ1v) is 4.55. The van der Waals surface area contributed by atoms with E-state index in [0.29, 0.717) is 5.56 Å². The van der Waals surface area contributed by atoms with E-state index in [4.69, 9.17) is 4.42 Å². The number of nitro benzene ring substituents is 1. The zero-order chi connectivity index (χ0) is 12.4. The van der Waals surface area contributed by atoms with E-state index in [1.165, 1.54) is 24.3 Å². The van der Waals surface area contributed by atoms with Gasteiger partial charge in [0.05, 0.1) is 4.92 Å². The third-order valence-electron chi connectivity index (χ3n) is 2.05. The number of H-pyrrole nitrogens is 1. The van der Waals surface area contributed by atoms with Crippen LogP contribution >= 0.6 is 0 Å². The zero-order valence-electron chi connectivity index (χ0n) is 8.38. The van der Waals surface area contributed by atoms with Crippen LogP contribution in [0.3, 0.4) is 0 Å². The Balaban J connectivity index is 2.50. The van der Waals surface area contributed by atoms with Crippen molar-refractivity contribution in [3.8, 4) is 11.3 Å². The van der Waals surface area contributed by atoms with Gasteiger partial charge in [-0.25, -0.2) is 4.79 Å². The number of nitrogens with one attached hydrogen (secondary N) is 1. The average molecular weight is 234 g/mol. The van der Waals surface area contributed by atoms with Crippen LogP contribution in [0.4, 0.5) is 5.69 Å². The molecule has 2 rings (SSSR count). The van der Waals surface area contributed by atoms with Crippen LogP contribution in [0.2, 0.25) is 0 Å². The molecule has 2 aromatic rings. The summed E-state index contributed by atoms with van der Waals surface area (Å²) in [6.07, 6.45) is 0. The summed E-state index contributed by atoms with van der Waals surface area (Å²) in [5.41, 5.74) is -0.255. The van der Waals surface area contributed by atoms with E-state index in [1.54, 1.807) is 0 Å². The first kappa shape index (κ1) is 10.8. The van der Waals surface area contributed by atoms with Crippen molar-refractivity contribution in [3.05, 3.63) is 61.4 Å². The predicted octanol–water partition coefficient (Wildman–Crippen LogP) is 0.903. The molecule has 1 heterocycles. The van der Waals surface area contributed by atoms with Crippen molar-refractivity contribution in [2.45, 2.75) is 0 Å². The topological polar surface area (TPSA) is 106 Å². The molecule has 0 saturated heterocycles. The van der Waals surface area contributed by atoms with Gasteiger partial charge in [-0.2, -0.15) is 0 Å². The Morgan fingerprint density at radius 1 is 1.18 bits per heavy atom. The van der Waals surface area contributed by atoms with Crippen molar-refractivity contribution < 1.29 is 9.34 Å². The van der Waals surface area contributed by atoms with E-state index in [0.717, 1.165) is 6.07 Å². The smallest absolute Gasteiger partial charge is 0.409 e. The number of non-ortho nitro benzene ring substituents is 1. The molecule has 17 heavy (non-hydrogen) atoms. The lowest BCUT2D eigenvalue weighted by molar-refractivity contribution is -0.384. The van der Waals surface area contributed by atoms with Crippen molar-refractivity contribution in [2.75, 3.05) is 0 Å². The van der Waals surface area contributed by atoms with Crippen molar-refractivity contribution in [1.82, 2.24) is 4.98 Å². The fourth-order valence-corrected chi connectivity index (χ4v) is 1.30. The Hall–Kier alpha value is -2.70. The third kappa shape index (κ3) is 2.28. The van der Waals surface area contributed by atoms with Crippen molar-refractivity contribution in [1.29, 1.82) is 0 Å². The molecule has 0 atom stereocenters. The number of hydrogen-bond donors (Lipinski definition) is 1. The average Bonchev–Trinajstić information content (AvgIpc) is 2.28. The van der Waals surface area contributed by atoms with Gasteiger partial charge in [0.1, 0.15) is 5.76 Å². The van der Waals surface area contributed by atoms with Crippen LogP contribution < -0.4 is 11.3 Å². The summed E-state index contributed by atoms with van der Waals surface area (Å²) in [4.78, 5) is 33.8. The fourth-order valence-electron chi connectivity index (χ4n) is 1.30. The van der Waals surface area contributed by atoms with Crippen LogP contribution in [0.15, 0.2) is 44.3 Å². The molecule has 0 saturated carbocycles. The summed E-state index contributed by atoms with van der Waals surface area (Å²) in [6.45, 7) is 0. The number of nitro groups is 1. The maximum absolute atomic E-state index is 11.0. The minimum atomic E-state index is -0.870. The monoisotopic (exact) mass is 234 g/mol. The van der Waals surface area contributed by atoms with Gasteiger partial charge >= 0.3 is 5.76 Å². The van der Waals surface area contributed by atoms with E-state index in [2.05, 4.69) is 0 Å². The van der Waals surface area contributed by atoms with Crippen LogP contribution in [0.25, 0.3) is 11.3 Å². The number of hydrogen-bond acceptors (Lipinski definition) is 5. The van der Waals surface area contributed by atoms with E-state index in [1.807, 2.05) is 4.98 Å². The highest BCUT2D eigenvalue weighted by molar-refractivity contribution is 5.58. The van der Waals surface area contributed by atoms with Gasteiger partial charge in [0.2, 0.25) is 0 Å². The van der Waals surface area contributed by atoms with Gasteiger partial charge in [-0.3, -0.25) is 19.9 Å². The number of nitrogens with zero attached hydrogens (tertiary/aromatic N) is 1. The normalized spacial score (nSPS) is 10.1. The second-order valence-electron chi connectivity index (χ2n) is 3.19. The highest BCUT2D eigenvalue weighted by Crippen LogP contribution is 2.19. The van der Waals surface area contributed by atoms with Crippen LogP contribution in [0.5, 0.6) is 0 Å². The zero-order valence-corrected chi connectivity index (χ0v) is 8.38. The second-order valence-corrected chi connectivity index (χ2v) is 3.19. The molecule has 1 N–H and O–H groups in total. The van der Waals surface area contributed by atoms with Gasteiger partial charge < -0.3 is 4.42 Å². The van der Waals surface area contributed by atoms with Crippen molar-refractivity contribution >= 4 is 5.69 Å². The number of benzene rings is 1. The molecular formula is C10H6N2O5. The summed E-state index contributed by atoms with van der Waals surface area (Å²) < 4.78 is 4.76. The molecule has 0 fully saturated rings. The predicted molar refractivity (Wildman–Crippen MR) is 57.7 cm³/mol. The third-order valence-corrected chi connectivity index (χ3v) is 2.05. The molecule has 7 heteroatoms. The summed E-state index contributed by atoms with van der Waals surface area (Å²) in [7, 11) is 0. The molecule has 0 radical (unpaired) electrons. The van der Waals surface area contributed by atoms with Crippen molar-refractivity contribution in [3.63, 3.8) is 0 Å². The van der Waals surface area contributed by atoms with Gasteiger partial charge in [0.15, 0.2) is 0 Å². The highest BCUT2D eigenvalue weighted by Gasteiger charge is 2.07. The summed E-state index contributed by atoms with van der Waals surface area (Å²) in [5.74, 6) is -0.806. The number of rotatable bonds is 2. The Labute approximate surface area is 93.5 Å². The standard InChI is InChI=1S/C10H6N2O5/c13-9-5-8(17-10(14)11-9)6-1-3-7(4-2-6)12(15)16/h1-5H,(H,11,13,14). The van der Waals surface area contributed by atoms with Crippen LogP contribution in [-0.4, -0.2) is 9.91 Å². The number of aromatic nitrogens is 1. The molecule has 1 aromatic carbocycles. The van der Waals surface area contributed by atoms with E-state index in [9.17, 15) is 19.7 Å². The SMILES string of the molecule is O=c1cc(-c2ccc([N+](=O)[O-])cc2)oc(=O)[nH]1. The van der Waals surface area contributed by atoms with Gasteiger partial charge in [-0.15, -0.1) is 0 Å². The quantitative estimate of drug-likeness (QED) is 0.613. The lowest BCUT2D eigenvalue weighted by Gasteiger charge is -1.98. The molecular weight excluding hydrogens is 228 g/mol. The molecule has 0 spiro atoms. The Morgan fingerprint density at radius 3 is 2.35 bits per heavy atom. The second kappa shape index (κ2) is 4.05. The Kier molecular flexibility index (Phi) is 2.57. The van der Waals surface area contributed by atoms with Crippen molar-refractivity contribution in [2.24, 2.45) is 0 Å². The lowest BCUT2D eigenvalue weighted by atomic mass is 10.1. The minimum absolute atomic E-state index is 0.0636. The van der Waals surface area contributed by atoms with Gasteiger partial charge in [-0.05, 0) is 12.1 Å².